The molecule has 0 unspecified atom stereocenters. The van der Waals surface area contributed by atoms with E-state index in [-0.39, 0.29) is 11.9 Å². The summed E-state index contributed by atoms with van der Waals surface area (Å²) in [7, 11) is 0. The van der Waals surface area contributed by atoms with Crippen LogP contribution in [0.2, 0.25) is 0 Å². The molecule has 1 saturated heterocycles. The second kappa shape index (κ2) is 8.19. The minimum Gasteiger partial charge on any atom is -0.333 e. The average molecular weight is 356 g/mol. The van der Waals surface area contributed by atoms with Gasteiger partial charge in [-0.1, -0.05) is 78.9 Å². The molecule has 3 aromatic carbocycles. The van der Waals surface area contributed by atoms with Crippen LogP contribution in [0.1, 0.15) is 15.9 Å². The zero-order valence-corrected chi connectivity index (χ0v) is 15.3. The summed E-state index contributed by atoms with van der Waals surface area (Å²) in [5.41, 5.74) is 4.13. The maximum atomic E-state index is 13.5. The molecule has 1 N–H and O–H groups in total. The van der Waals surface area contributed by atoms with E-state index in [4.69, 9.17) is 0 Å². The van der Waals surface area contributed by atoms with Crippen molar-refractivity contribution >= 4 is 5.91 Å². The molecule has 3 nitrogen and oxygen atoms in total. The lowest BCUT2D eigenvalue weighted by Gasteiger charge is -2.37. The van der Waals surface area contributed by atoms with Crippen LogP contribution < -0.4 is 5.32 Å². The van der Waals surface area contributed by atoms with Crippen LogP contribution in [0.5, 0.6) is 0 Å². The van der Waals surface area contributed by atoms with Crippen LogP contribution in [0, 0.1) is 0 Å². The van der Waals surface area contributed by atoms with E-state index in [1.807, 2.05) is 53.4 Å². The predicted octanol–water partition coefficient (Wildman–Crippen LogP) is 4.01. The Morgan fingerprint density at radius 3 is 2.33 bits per heavy atom. The summed E-state index contributed by atoms with van der Waals surface area (Å²) in [5, 5.41) is 3.44. The number of carbonyl (C=O) groups excluding carboxylic acids is 1. The highest BCUT2D eigenvalue weighted by Gasteiger charge is 2.28. The van der Waals surface area contributed by atoms with Gasteiger partial charge in [-0.3, -0.25) is 4.79 Å². The number of amides is 1. The van der Waals surface area contributed by atoms with Crippen molar-refractivity contribution < 1.29 is 4.79 Å². The molecule has 4 rings (SSSR count). The van der Waals surface area contributed by atoms with Crippen LogP contribution in [-0.4, -0.2) is 36.5 Å². The molecule has 1 amide bonds. The monoisotopic (exact) mass is 356 g/mol. The minimum atomic E-state index is 0.122. The maximum Gasteiger partial charge on any atom is 0.254 e. The number of hydrogen-bond acceptors (Lipinski definition) is 2. The summed E-state index contributed by atoms with van der Waals surface area (Å²) >= 11 is 0. The van der Waals surface area contributed by atoms with Crippen LogP contribution >= 0.6 is 0 Å². The number of rotatable bonds is 4. The Morgan fingerprint density at radius 1 is 0.889 bits per heavy atom. The van der Waals surface area contributed by atoms with Crippen molar-refractivity contribution in [3.8, 4) is 11.1 Å². The normalized spacial score (nSPS) is 16.9. The molecule has 3 heteroatoms. The summed E-state index contributed by atoms with van der Waals surface area (Å²) in [6.45, 7) is 2.40. The second-order valence-electron chi connectivity index (χ2n) is 6.96. The standard InChI is InChI=1S/C24H24N2O/c27-24(23-14-8-7-13-22(23)20-11-5-2-6-12-20)26-16-15-25-18-21(26)17-19-9-3-1-4-10-19/h1-14,21,25H,15-18H2/t21-/m1/s1. The fraction of sp³-hybridized carbons (Fsp3) is 0.208. The van der Waals surface area contributed by atoms with Crippen LogP contribution in [0.3, 0.4) is 0 Å². The Kier molecular flexibility index (Phi) is 5.31. The van der Waals surface area contributed by atoms with Gasteiger partial charge in [-0.15, -0.1) is 0 Å². The maximum absolute atomic E-state index is 13.5. The van der Waals surface area contributed by atoms with Crippen molar-refractivity contribution in [2.24, 2.45) is 0 Å². The fourth-order valence-electron chi connectivity index (χ4n) is 3.79. The quantitative estimate of drug-likeness (QED) is 0.766. The van der Waals surface area contributed by atoms with Gasteiger partial charge < -0.3 is 10.2 Å². The van der Waals surface area contributed by atoms with Crippen molar-refractivity contribution in [3.63, 3.8) is 0 Å². The Balaban J connectivity index is 1.63. The van der Waals surface area contributed by atoms with Crippen LogP contribution in [0.25, 0.3) is 11.1 Å². The van der Waals surface area contributed by atoms with Gasteiger partial charge in [-0.25, -0.2) is 0 Å². The number of carbonyl (C=O) groups is 1. The third-order valence-corrected chi connectivity index (χ3v) is 5.17. The van der Waals surface area contributed by atoms with E-state index in [0.717, 1.165) is 42.7 Å². The molecule has 0 radical (unpaired) electrons. The molecular weight excluding hydrogens is 332 g/mol. The molecule has 1 aliphatic heterocycles. The summed E-state index contributed by atoms with van der Waals surface area (Å²) in [6.07, 6.45) is 0.868. The SMILES string of the molecule is O=C(c1ccccc1-c1ccccc1)N1CCNC[C@H]1Cc1ccccc1. The van der Waals surface area contributed by atoms with Gasteiger partial charge in [0, 0.05) is 31.2 Å². The fourth-order valence-corrected chi connectivity index (χ4v) is 3.79. The van der Waals surface area contributed by atoms with Gasteiger partial charge in [0.1, 0.15) is 0 Å². The van der Waals surface area contributed by atoms with Gasteiger partial charge in [0.05, 0.1) is 0 Å². The Bertz CT molecular complexity index is 893. The molecule has 1 fully saturated rings. The van der Waals surface area contributed by atoms with E-state index in [2.05, 4.69) is 41.7 Å². The largest absolute Gasteiger partial charge is 0.333 e. The second-order valence-corrected chi connectivity index (χ2v) is 6.96. The van der Waals surface area contributed by atoms with Gasteiger partial charge >= 0.3 is 0 Å². The lowest BCUT2D eigenvalue weighted by Crippen LogP contribution is -2.54. The highest BCUT2D eigenvalue weighted by Crippen LogP contribution is 2.26. The van der Waals surface area contributed by atoms with Crippen LogP contribution in [-0.2, 0) is 6.42 Å². The molecule has 3 aromatic rings. The predicted molar refractivity (Wildman–Crippen MR) is 110 cm³/mol. The van der Waals surface area contributed by atoms with Gasteiger partial charge in [0.25, 0.3) is 5.91 Å². The number of piperazine rings is 1. The van der Waals surface area contributed by atoms with Gasteiger partial charge in [0.15, 0.2) is 0 Å². The first-order chi connectivity index (χ1) is 13.3. The van der Waals surface area contributed by atoms with E-state index < -0.39 is 0 Å². The van der Waals surface area contributed by atoms with Gasteiger partial charge in [-0.2, -0.15) is 0 Å². The lowest BCUT2D eigenvalue weighted by atomic mass is 9.97. The molecule has 1 heterocycles. The highest BCUT2D eigenvalue weighted by atomic mass is 16.2. The first-order valence-corrected chi connectivity index (χ1v) is 9.53. The summed E-state index contributed by atoms with van der Waals surface area (Å²) in [5.74, 6) is 0.122. The zero-order valence-electron chi connectivity index (χ0n) is 15.3. The Hall–Kier alpha value is -2.91. The van der Waals surface area contributed by atoms with E-state index in [1.54, 1.807) is 0 Å². The third-order valence-electron chi connectivity index (χ3n) is 5.17. The molecule has 1 atom stereocenters. The van der Waals surface area contributed by atoms with Crippen molar-refractivity contribution in [2.75, 3.05) is 19.6 Å². The average Bonchev–Trinajstić information content (AvgIpc) is 2.75. The van der Waals surface area contributed by atoms with Gasteiger partial charge in [0.2, 0.25) is 0 Å². The van der Waals surface area contributed by atoms with Crippen molar-refractivity contribution in [1.29, 1.82) is 0 Å². The molecule has 1 aliphatic rings. The molecular formula is C24H24N2O. The number of hydrogen-bond donors (Lipinski definition) is 1. The first kappa shape index (κ1) is 17.5. The van der Waals surface area contributed by atoms with Gasteiger partial charge in [-0.05, 0) is 29.2 Å². The van der Waals surface area contributed by atoms with E-state index in [1.165, 1.54) is 5.56 Å². The molecule has 0 spiro atoms. The summed E-state index contributed by atoms with van der Waals surface area (Å²) in [4.78, 5) is 15.5. The molecule has 0 aliphatic carbocycles. The van der Waals surface area contributed by atoms with Crippen LogP contribution in [0.15, 0.2) is 84.9 Å². The Labute approximate surface area is 160 Å². The highest BCUT2D eigenvalue weighted by molar-refractivity contribution is 6.01. The van der Waals surface area contributed by atoms with Crippen molar-refractivity contribution in [1.82, 2.24) is 10.2 Å². The van der Waals surface area contributed by atoms with Crippen molar-refractivity contribution in [2.45, 2.75) is 12.5 Å². The smallest absolute Gasteiger partial charge is 0.254 e. The molecule has 0 saturated carbocycles. The molecule has 136 valence electrons. The Morgan fingerprint density at radius 2 is 1.56 bits per heavy atom. The van der Waals surface area contributed by atoms with Crippen LogP contribution in [0.4, 0.5) is 0 Å². The summed E-state index contributed by atoms with van der Waals surface area (Å²) < 4.78 is 0. The van der Waals surface area contributed by atoms with E-state index >= 15 is 0 Å². The minimum absolute atomic E-state index is 0.122. The van der Waals surface area contributed by atoms with E-state index in [9.17, 15) is 4.79 Å². The number of benzene rings is 3. The molecule has 27 heavy (non-hydrogen) atoms. The number of nitrogens with one attached hydrogen (secondary N) is 1. The summed E-state index contributed by atoms with van der Waals surface area (Å²) in [6, 6.07) is 28.7. The topological polar surface area (TPSA) is 32.3 Å². The van der Waals surface area contributed by atoms with Crippen molar-refractivity contribution in [3.05, 3.63) is 96.1 Å². The lowest BCUT2D eigenvalue weighted by molar-refractivity contribution is 0.0637. The third kappa shape index (κ3) is 3.93. The first-order valence-electron chi connectivity index (χ1n) is 9.53. The zero-order chi connectivity index (χ0) is 18.5. The number of nitrogens with zero attached hydrogens (tertiary/aromatic N) is 1. The molecule has 0 aromatic heterocycles. The molecule has 0 bridgehead atoms. The van der Waals surface area contributed by atoms with E-state index in [0.29, 0.717) is 0 Å².